The van der Waals surface area contributed by atoms with Crippen LogP contribution in [0.2, 0.25) is 0 Å². The highest BCUT2D eigenvalue weighted by atomic mass is 16.6. The molecule has 0 spiro atoms. The summed E-state index contributed by atoms with van der Waals surface area (Å²) in [4.78, 5) is 23.1. The van der Waals surface area contributed by atoms with Crippen LogP contribution in [0, 0.1) is 34.6 Å². The van der Waals surface area contributed by atoms with Crippen LogP contribution in [0.3, 0.4) is 0 Å². The average Bonchev–Trinajstić information content (AvgIpc) is 2.47. The largest absolute Gasteiger partial charge is 0.459 e. The molecular weight excluding hydrogens is 268 g/mol. The van der Waals surface area contributed by atoms with Crippen molar-refractivity contribution in [3.05, 3.63) is 46.0 Å². The predicted molar refractivity (Wildman–Crippen MR) is 81.6 cm³/mol. The number of ether oxygens (including phenoxy) is 2. The lowest BCUT2D eigenvalue weighted by Gasteiger charge is -2.17. The molecule has 4 heteroatoms. The van der Waals surface area contributed by atoms with Gasteiger partial charge in [0.05, 0.1) is 5.56 Å². The number of esters is 2. The molecule has 0 radical (unpaired) electrons. The van der Waals surface area contributed by atoms with E-state index in [2.05, 4.69) is 13.5 Å². The van der Waals surface area contributed by atoms with Crippen LogP contribution in [0.4, 0.5) is 0 Å². The Morgan fingerprint density at radius 3 is 1.76 bits per heavy atom. The molecule has 1 aromatic rings. The van der Waals surface area contributed by atoms with Crippen molar-refractivity contribution in [2.24, 2.45) is 0 Å². The van der Waals surface area contributed by atoms with Crippen molar-refractivity contribution in [2.75, 3.05) is 13.2 Å². The summed E-state index contributed by atoms with van der Waals surface area (Å²) in [6.45, 7) is 13.2. The summed E-state index contributed by atoms with van der Waals surface area (Å²) in [5, 5.41) is 0. The summed E-state index contributed by atoms with van der Waals surface area (Å²) in [6.07, 6.45) is 1.07. The fraction of sp³-hybridized carbons (Fsp3) is 0.412. The highest BCUT2D eigenvalue weighted by Gasteiger charge is 2.19. The van der Waals surface area contributed by atoms with Crippen LogP contribution in [0.5, 0.6) is 0 Å². The zero-order valence-corrected chi connectivity index (χ0v) is 13.3. The lowest BCUT2D eigenvalue weighted by atomic mass is 9.90. The number of carbonyl (C=O) groups is 2. The van der Waals surface area contributed by atoms with E-state index < -0.39 is 5.97 Å². The van der Waals surface area contributed by atoms with Gasteiger partial charge in [0.15, 0.2) is 0 Å². The van der Waals surface area contributed by atoms with E-state index in [-0.39, 0.29) is 19.2 Å². The molecule has 0 aliphatic heterocycles. The quantitative estimate of drug-likeness (QED) is 0.475. The summed E-state index contributed by atoms with van der Waals surface area (Å²) in [6, 6.07) is 0. The van der Waals surface area contributed by atoms with Crippen LogP contribution in [-0.4, -0.2) is 25.2 Å². The normalized spacial score (nSPS) is 10.1. The monoisotopic (exact) mass is 290 g/mol. The topological polar surface area (TPSA) is 52.6 Å². The third-order valence-electron chi connectivity index (χ3n) is 3.93. The molecule has 0 aromatic heterocycles. The highest BCUT2D eigenvalue weighted by molar-refractivity contribution is 5.93. The first-order chi connectivity index (χ1) is 9.81. The summed E-state index contributed by atoms with van der Waals surface area (Å²) in [5.74, 6) is -0.911. The van der Waals surface area contributed by atoms with Crippen molar-refractivity contribution in [1.82, 2.24) is 0 Å². The van der Waals surface area contributed by atoms with Crippen LogP contribution in [0.15, 0.2) is 12.7 Å². The van der Waals surface area contributed by atoms with E-state index in [1.807, 2.05) is 27.7 Å². The van der Waals surface area contributed by atoms with E-state index in [0.29, 0.717) is 5.56 Å². The Balaban J connectivity index is 2.84. The molecule has 0 atom stereocenters. The molecule has 1 rings (SSSR count). The molecule has 0 aliphatic rings. The zero-order valence-electron chi connectivity index (χ0n) is 13.3. The molecule has 0 fully saturated rings. The summed E-state index contributed by atoms with van der Waals surface area (Å²) >= 11 is 0. The Bertz CT molecular complexity index is 556. The van der Waals surface area contributed by atoms with E-state index in [1.165, 1.54) is 5.56 Å². The summed E-state index contributed by atoms with van der Waals surface area (Å²) in [5.41, 5.74) is 5.87. The Hall–Kier alpha value is -2.10. The van der Waals surface area contributed by atoms with Gasteiger partial charge < -0.3 is 9.47 Å². The molecule has 0 bridgehead atoms. The lowest BCUT2D eigenvalue weighted by Crippen LogP contribution is -2.16. The Morgan fingerprint density at radius 1 is 0.857 bits per heavy atom. The number of carbonyl (C=O) groups excluding carboxylic acids is 2. The van der Waals surface area contributed by atoms with Crippen molar-refractivity contribution in [3.8, 4) is 0 Å². The molecule has 1 aromatic carbocycles. The smallest absolute Gasteiger partial charge is 0.338 e. The number of rotatable bonds is 5. The molecule has 0 unspecified atom stereocenters. The maximum absolute atomic E-state index is 12.2. The number of hydrogen-bond donors (Lipinski definition) is 0. The first kappa shape index (κ1) is 17.0. The van der Waals surface area contributed by atoms with Gasteiger partial charge in [-0.15, -0.1) is 0 Å². The van der Waals surface area contributed by atoms with Crippen LogP contribution in [0.1, 0.15) is 38.2 Å². The second-order valence-electron chi connectivity index (χ2n) is 5.01. The standard InChI is InChI=1S/C17H22O4/c1-7-15(18)20-8-9-21-17(19)16-13(5)11(3)10(2)12(4)14(16)6/h7H,1,8-9H2,2-6H3. The van der Waals surface area contributed by atoms with Gasteiger partial charge in [-0.25, -0.2) is 9.59 Å². The van der Waals surface area contributed by atoms with Crippen LogP contribution in [-0.2, 0) is 14.3 Å². The van der Waals surface area contributed by atoms with Crippen molar-refractivity contribution in [1.29, 1.82) is 0 Å². The van der Waals surface area contributed by atoms with Gasteiger partial charge in [-0.1, -0.05) is 6.58 Å². The molecule has 0 amide bonds. The van der Waals surface area contributed by atoms with E-state index in [1.54, 1.807) is 0 Å². The third kappa shape index (κ3) is 3.72. The van der Waals surface area contributed by atoms with Gasteiger partial charge in [-0.05, 0) is 62.4 Å². The minimum atomic E-state index is -0.527. The Labute approximate surface area is 125 Å². The van der Waals surface area contributed by atoms with Gasteiger partial charge in [0.2, 0.25) is 0 Å². The average molecular weight is 290 g/mol. The minimum absolute atomic E-state index is 0.0263. The summed E-state index contributed by atoms with van der Waals surface area (Å²) < 4.78 is 9.95. The fourth-order valence-electron chi connectivity index (χ4n) is 2.21. The van der Waals surface area contributed by atoms with Gasteiger partial charge in [-0.3, -0.25) is 0 Å². The van der Waals surface area contributed by atoms with Gasteiger partial charge in [0, 0.05) is 6.08 Å². The van der Waals surface area contributed by atoms with Gasteiger partial charge in [0.1, 0.15) is 13.2 Å². The summed E-state index contributed by atoms with van der Waals surface area (Å²) in [7, 11) is 0. The molecule has 0 aliphatic carbocycles. The van der Waals surface area contributed by atoms with Gasteiger partial charge >= 0.3 is 11.9 Å². The van der Waals surface area contributed by atoms with Crippen molar-refractivity contribution in [2.45, 2.75) is 34.6 Å². The van der Waals surface area contributed by atoms with Gasteiger partial charge in [-0.2, -0.15) is 0 Å². The van der Waals surface area contributed by atoms with Crippen LogP contribution in [0.25, 0.3) is 0 Å². The van der Waals surface area contributed by atoms with E-state index in [0.717, 1.165) is 28.3 Å². The van der Waals surface area contributed by atoms with Crippen LogP contribution >= 0.6 is 0 Å². The first-order valence-corrected chi connectivity index (χ1v) is 6.84. The number of hydrogen-bond acceptors (Lipinski definition) is 4. The van der Waals surface area contributed by atoms with E-state index in [4.69, 9.17) is 9.47 Å². The molecule has 21 heavy (non-hydrogen) atoms. The lowest BCUT2D eigenvalue weighted by molar-refractivity contribution is -0.138. The van der Waals surface area contributed by atoms with Crippen LogP contribution < -0.4 is 0 Å². The predicted octanol–water partition coefficient (Wildman–Crippen LogP) is 3.11. The molecule has 0 saturated carbocycles. The van der Waals surface area contributed by atoms with Crippen molar-refractivity contribution < 1.29 is 19.1 Å². The van der Waals surface area contributed by atoms with Crippen molar-refractivity contribution in [3.63, 3.8) is 0 Å². The van der Waals surface area contributed by atoms with Gasteiger partial charge in [0.25, 0.3) is 0 Å². The number of benzene rings is 1. The maximum atomic E-state index is 12.2. The molecule has 0 heterocycles. The minimum Gasteiger partial charge on any atom is -0.459 e. The first-order valence-electron chi connectivity index (χ1n) is 6.84. The second kappa shape index (κ2) is 7.07. The molecular formula is C17H22O4. The Morgan fingerprint density at radius 2 is 1.29 bits per heavy atom. The Kier molecular flexibility index (Phi) is 5.70. The second-order valence-corrected chi connectivity index (χ2v) is 5.01. The van der Waals surface area contributed by atoms with E-state index >= 15 is 0 Å². The SMILES string of the molecule is C=CC(=O)OCCOC(=O)c1c(C)c(C)c(C)c(C)c1C. The molecule has 0 saturated heterocycles. The highest BCUT2D eigenvalue weighted by Crippen LogP contribution is 2.26. The zero-order chi connectivity index (χ0) is 16.2. The van der Waals surface area contributed by atoms with E-state index in [9.17, 15) is 9.59 Å². The molecule has 114 valence electrons. The molecule has 0 N–H and O–H groups in total. The molecule has 4 nitrogen and oxygen atoms in total. The third-order valence-corrected chi connectivity index (χ3v) is 3.93. The van der Waals surface area contributed by atoms with Crippen molar-refractivity contribution >= 4 is 11.9 Å². The maximum Gasteiger partial charge on any atom is 0.338 e. The fourth-order valence-corrected chi connectivity index (χ4v) is 2.21.